The molecule has 0 amide bonds. The SMILES string of the molecule is OC[C@H]1O[C@@H](c2ccc(Cl)c(Cc3ccc(OCCC4CCC4)cc3)c2)[C@H](O)[C@@H](O)[C@@H]1O. The van der Waals surface area contributed by atoms with Crippen LogP contribution >= 0.6 is 11.6 Å². The molecule has 4 rings (SSSR count). The fourth-order valence-corrected chi connectivity index (χ4v) is 4.52. The molecule has 0 unspecified atom stereocenters. The smallest absolute Gasteiger partial charge is 0.119 e. The minimum atomic E-state index is -1.41. The lowest BCUT2D eigenvalue weighted by Gasteiger charge is -2.40. The molecule has 1 heterocycles. The van der Waals surface area contributed by atoms with E-state index in [0.29, 0.717) is 17.0 Å². The van der Waals surface area contributed by atoms with Gasteiger partial charge in [0.1, 0.15) is 36.3 Å². The average molecular weight is 463 g/mol. The number of benzene rings is 2. The van der Waals surface area contributed by atoms with Crippen LogP contribution in [0.5, 0.6) is 5.75 Å². The topological polar surface area (TPSA) is 99.4 Å². The lowest BCUT2D eigenvalue weighted by atomic mass is 9.83. The van der Waals surface area contributed by atoms with E-state index in [-0.39, 0.29) is 0 Å². The third-order valence-electron chi connectivity index (χ3n) is 6.63. The Hall–Kier alpha value is -1.67. The summed E-state index contributed by atoms with van der Waals surface area (Å²) in [5.74, 6) is 1.68. The maximum absolute atomic E-state index is 10.4. The standard InChI is InChI=1S/C25H31ClO6/c26-20-9-6-17(25-24(30)23(29)22(28)21(14-27)32-25)13-18(20)12-16-4-7-19(8-5-16)31-11-10-15-2-1-3-15/h4-9,13,15,21-25,27-30H,1-3,10-12,14H2/t21-,22-,23+,24-,25+/m1/s1. The second-order valence-electron chi connectivity index (χ2n) is 8.86. The Morgan fingerprint density at radius 2 is 1.72 bits per heavy atom. The highest BCUT2D eigenvalue weighted by atomic mass is 35.5. The van der Waals surface area contributed by atoms with Crippen LogP contribution in [0, 0.1) is 5.92 Å². The molecule has 0 radical (unpaired) electrons. The van der Waals surface area contributed by atoms with Crippen LogP contribution in [0.25, 0.3) is 0 Å². The number of hydrogen-bond donors (Lipinski definition) is 4. The summed E-state index contributed by atoms with van der Waals surface area (Å²) in [5, 5.41) is 40.5. The van der Waals surface area contributed by atoms with Crippen molar-refractivity contribution in [1.82, 2.24) is 0 Å². The first kappa shape index (κ1) is 23.5. The maximum Gasteiger partial charge on any atom is 0.119 e. The van der Waals surface area contributed by atoms with E-state index in [4.69, 9.17) is 21.1 Å². The molecule has 1 saturated heterocycles. The molecular weight excluding hydrogens is 432 g/mol. The Kier molecular flexibility index (Phi) is 7.71. The molecule has 0 aromatic heterocycles. The largest absolute Gasteiger partial charge is 0.494 e. The molecule has 1 aliphatic carbocycles. The molecule has 1 aliphatic heterocycles. The van der Waals surface area contributed by atoms with Crippen molar-refractivity contribution in [3.63, 3.8) is 0 Å². The monoisotopic (exact) mass is 462 g/mol. The molecule has 5 atom stereocenters. The van der Waals surface area contributed by atoms with E-state index < -0.39 is 37.1 Å². The van der Waals surface area contributed by atoms with Crippen molar-refractivity contribution < 1.29 is 29.9 Å². The molecule has 0 bridgehead atoms. The molecule has 2 aliphatic rings. The molecule has 1 saturated carbocycles. The van der Waals surface area contributed by atoms with Crippen LogP contribution in [0.2, 0.25) is 5.02 Å². The molecule has 2 aromatic carbocycles. The van der Waals surface area contributed by atoms with Crippen molar-refractivity contribution in [2.75, 3.05) is 13.2 Å². The van der Waals surface area contributed by atoms with Gasteiger partial charge in [-0.25, -0.2) is 0 Å². The van der Waals surface area contributed by atoms with Gasteiger partial charge in [0.2, 0.25) is 0 Å². The second kappa shape index (κ2) is 10.5. The zero-order chi connectivity index (χ0) is 22.7. The number of rotatable bonds is 8. The van der Waals surface area contributed by atoms with Gasteiger partial charge in [-0.1, -0.05) is 55.1 Å². The van der Waals surface area contributed by atoms with Gasteiger partial charge in [-0.3, -0.25) is 0 Å². The van der Waals surface area contributed by atoms with Gasteiger partial charge in [0.05, 0.1) is 13.2 Å². The molecule has 32 heavy (non-hydrogen) atoms. The minimum Gasteiger partial charge on any atom is -0.494 e. The molecular formula is C25H31ClO6. The van der Waals surface area contributed by atoms with E-state index in [1.807, 2.05) is 30.3 Å². The van der Waals surface area contributed by atoms with E-state index in [9.17, 15) is 20.4 Å². The molecule has 4 N–H and O–H groups in total. The summed E-state index contributed by atoms with van der Waals surface area (Å²) in [6.45, 7) is 0.286. The highest BCUT2D eigenvalue weighted by Crippen LogP contribution is 2.34. The maximum atomic E-state index is 10.4. The van der Waals surface area contributed by atoms with Gasteiger partial charge in [-0.2, -0.15) is 0 Å². The van der Waals surface area contributed by atoms with Crippen molar-refractivity contribution in [2.45, 2.75) is 62.6 Å². The fraction of sp³-hybridized carbons (Fsp3) is 0.520. The molecule has 174 valence electrons. The Morgan fingerprint density at radius 1 is 0.969 bits per heavy atom. The lowest BCUT2D eigenvalue weighted by molar-refractivity contribution is -0.231. The number of ether oxygens (including phenoxy) is 2. The van der Waals surface area contributed by atoms with Gasteiger partial charge in [-0.15, -0.1) is 0 Å². The molecule has 0 spiro atoms. The van der Waals surface area contributed by atoms with E-state index in [2.05, 4.69) is 0 Å². The quantitative estimate of drug-likeness (QED) is 0.481. The summed E-state index contributed by atoms with van der Waals surface area (Å²) < 4.78 is 11.5. The highest BCUT2D eigenvalue weighted by Gasteiger charge is 2.44. The molecule has 6 nitrogen and oxygen atoms in total. The van der Waals surface area contributed by atoms with Crippen molar-refractivity contribution in [3.8, 4) is 5.75 Å². The second-order valence-corrected chi connectivity index (χ2v) is 9.26. The van der Waals surface area contributed by atoms with Crippen LogP contribution in [0.3, 0.4) is 0 Å². The summed E-state index contributed by atoms with van der Waals surface area (Å²) in [6.07, 6.45) is -0.264. The van der Waals surface area contributed by atoms with Gasteiger partial charge in [0, 0.05) is 5.02 Å². The van der Waals surface area contributed by atoms with Gasteiger partial charge < -0.3 is 29.9 Å². The van der Waals surface area contributed by atoms with Crippen molar-refractivity contribution in [1.29, 1.82) is 0 Å². The summed E-state index contributed by atoms with van der Waals surface area (Å²) in [5.41, 5.74) is 2.53. The number of aliphatic hydroxyl groups is 4. The van der Waals surface area contributed by atoms with Crippen LogP contribution in [0.1, 0.15) is 48.5 Å². The van der Waals surface area contributed by atoms with Gasteiger partial charge >= 0.3 is 0 Å². The van der Waals surface area contributed by atoms with Crippen LogP contribution in [0.15, 0.2) is 42.5 Å². The first-order valence-electron chi connectivity index (χ1n) is 11.3. The lowest BCUT2D eigenvalue weighted by Crippen LogP contribution is -2.55. The number of aliphatic hydroxyl groups excluding tert-OH is 4. The van der Waals surface area contributed by atoms with E-state index >= 15 is 0 Å². The predicted molar refractivity (Wildman–Crippen MR) is 121 cm³/mol. The van der Waals surface area contributed by atoms with E-state index in [1.54, 1.807) is 12.1 Å². The van der Waals surface area contributed by atoms with Gasteiger partial charge in [-0.05, 0) is 53.6 Å². The number of halogens is 1. The van der Waals surface area contributed by atoms with E-state index in [0.717, 1.165) is 35.8 Å². The van der Waals surface area contributed by atoms with Crippen LogP contribution in [-0.4, -0.2) is 58.1 Å². The minimum absolute atomic E-state index is 0.461. The molecule has 7 heteroatoms. The summed E-state index contributed by atoms with van der Waals surface area (Å²) in [6, 6.07) is 13.2. The van der Waals surface area contributed by atoms with E-state index in [1.165, 1.54) is 19.3 Å². The fourth-order valence-electron chi connectivity index (χ4n) is 4.33. The zero-order valence-corrected chi connectivity index (χ0v) is 18.7. The summed E-state index contributed by atoms with van der Waals surface area (Å²) in [4.78, 5) is 0. The third-order valence-corrected chi connectivity index (χ3v) is 7.00. The Bertz CT molecular complexity index is 883. The normalized spacial score (nSPS) is 28.3. The first-order valence-corrected chi connectivity index (χ1v) is 11.6. The summed E-state index contributed by atoms with van der Waals surface area (Å²) in [7, 11) is 0. The average Bonchev–Trinajstić information content (AvgIpc) is 2.77. The van der Waals surface area contributed by atoms with Crippen molar-refractivity contribution >= 4 is 11.6 Å². The van der Waals surface area contributed by atoms with Gasteiger partial charge in [0.25, 0.3) is 0 Å². The van der Waals surface area contributed by atoms with Crippen molar-refractivity contribution in [2.24, 2.45) is 5.92 Å². The Balaban J connectivity index is 1.42. The Labute approximate surface area is 193 Å². The highest BCUT2D eigenvalue weighted by molar-refractivity contribution is 6.31. The van der Waals surface area contributed by atoms with Crippen LogP contribution < -0.4 is 4.74 Å². The third kappa shape index (κ3) is 5.28. The predicted octanol–water partition coefficient (Wildman–Crippen LogP) is 3.01. The molecule has 2 fully saturated rings. The Morgan fingerprint density at radius 3 is 2.38 bits per heavy atom. The first-order chi connectivity index (χ1) is 15.5. The van der Waals surface area contributed by atoms with Crippen LogP contribution in [0.4, 0.5) is 0 Å². The van der Waals surface area contributed by atoms with Crippen molar-refractivity contribution in [3.05, 3.63) is 64.2 Å². The molecule has 2 aromatic rings. The van der Waals surface area contributed by atoms with Gasteiger partial charge in [0.15, 0.2) is 0 Å². The number of hydrogen-bond acceptors (Lipinski definition) is 6. The van der Waals surface area contributed by atoms with Crippen LogP contribution in [-0.2, 0) is 11.2 Å². The summed E-state index contributed by atoms with van der Waals surface area (Å²) >= 11 is 6.42. The zero-order valence-electron chi connectivity index (χ0n) is 17.9.